The van der Waals surface area contributed by atoms with E-state index in [1.165, 1.54) is 10.5 Å². The first kappa shape index (κ1) is 25.9. The number of carbonyl (C=O) groups is 2. The van der Waals surface area contributed by atoms with Gasteiger partial charge in [0.2, 0.25) is 0 Å². The number of anilines is 1. The minimum atomic E-state index is -0.268. The van der Waals surface area contributed by atoms with Crippen LogP contribution in [0.3, 0.4) is 0 Å². The Morgan fingerprint density at radius 2 is 1.46 bits per heavy atom. The molecule has 0 unspecified atom stereocenters. The van der Waals surface area contributed by atoms with E-state index >= 15 is 0 Å². The number of nitrogens with zero attached hydrogens (tertiary/aromatic N) is 3. The van der Waals surface area contributed by atoms with Gasteiger partial charge in [-0.2, -0.15) is 0 Å². The van der Waals surface area contributed by atoms with Crippen molar-refractivity contribution in [3.8, 4) is 0 Å². The molecule has 2 aliphatic heterocycles. The number of rotatable bonds is 5. The molecule has 5 nitrogen and oxygen atoms in total. The second kappa shape index (κ2) is 11.0. The molecule has 2 heterocycles. The van der Waals surface area contributed by atoms with Crippen molar-refractivity contribution in [2.24, 2.45) is 0 Å². The van der Waals surface area contributed by atoms with E-state index < -0.39 is 0 Å². The van der Waals surface area contributed by atoms with Gasteiger partial charge in [0.05, 0.1) is 6.54 Å². The summed E-state index contributed by atoms with van der Waals surface area (Å²) in [5, 5.41) is 2.30. The second-order valence-corrected chi connectivity index (χ2v) is 11.7. The van der Waals surface area contributed by atoms with Crippen LogP contribution < -0.4 is 4.90 Å². The molecule has 39 heavy (non-hydrogen) atoms. The molecule has 2 aliphatic rings. The molecule has 0 aliphatic carbocycles. The van der Waals surface area contributed by atoms with E-state index in [9.17, 15) is 9.59 Å². The van der Waals surface area contributed by atoms with Crippen LogP contribution >= 0.6 is 35.6 Å². The van der Waals surface area contributed by atoms with Crippen LogP contribution in [0.2, 0.25) is 5.02 Å². The molecule has 0 bridgehead atoms. The summed E-state index contributed by atoms with van der Waals surface area (Å²) in [7, 11) is 0. The van der Waals surface area contributed by atoms with Gasteiger partial charge < -0.3 is 9.80 Å². The molecular formula is C31H26ClN3O2S2. The second-order valence-electron chi connectivity index (χ2n) is 9.70. The van der Waals surface area contributed by atoms with Crippen LogP contribution in [0.4, 0.5) is 5.69 Å². The highest BCUT2D eigenvalue weighted by atomic mass is 35.5. The third-order valence-corrected chi connectivity index (χ3v) is 9.15. The molecule has 1 saturated heterocycles. The van der Waals surface area contributed by atoms with E-state index in [0.29, 0.717) is 16.1 Å². The van der Waals surface area contributed by atoms with Gasteiger partial charge in [-0.1, -0.05) is 90.2 Å². The van der Waals surface area contributed by atoms with Gasteiger partial charge >= 0.3 is 0 Å². The summed E-state index contributed by atoms with van der Waals surface area (Å²) in [4.78, 5) is 32.9. The summed E-state index contributed by atoms with van der Waals surface area (Å²) >= 11 is 13.5. The average Bonchev–Trinajstić information content (AvgIpc) is 2.98. The molecule has 8 heteroatoms. The van der Waals surface area contributed by atoms with Crippen LogP contribution in [0.25, 0.3) is 10.8 Å². The zero-order chi connectivity index (χ0) is 26.9. The maximum atomic E-state index is 13.5. The van der Waals surface area contributed by atoms with Gasteiger partial charge in [-0.3, -0.25) is 14.5 Å². The summed E-state index contributed by atoms with van der Waals surface area (Å²) in [5.41, 5.74) is 4.30. The number of thiocarbonyl (C=S) groups is 1. The lowest BCUT2D eigenvalue weighted by Crippen LogP contribution is -2.47. The van der Waals surface area contributed by atoms with Crippen molar-refractivity contribution >= 4 is 68.2 Å². The lowest BCUT2D eigenvalue weighted by atomic mass is 9.92. The molecular weight excluding hydrogens is 546 g/mol. The predicted molar refractivity (Wildman–Crippen MR) is 164 cm³/mol. The topological polar surface area (TPSA) is 43.9 Å². The summed E-state index contributed by atoms with van der Waals surface area (Å²) in [5.74, 6) is 0.331. The Balaban J connectivity index is 1.19. The first-order valence-corrected chi connectivity index (χ1v) is 14.6. The highest BCUT2D eigenvalue weighted by Crippen LogP contribution is 2.37. The quantitative estimate of drug-likeness (QED) is 0.198. The van der Waals surface area contributed by atoms with Crippen molar-refractivity contribution in [1.29, 1.82) is 0 Å². The number of thioether (sulfide) groups is 1. The first-order chi connectivity index (χ1) is 19.0. The van der Waals surface area contributed by atoms with Crippen LogP contribution in [0.5, 0.6) is 0 Å². The fourth-order valence-electron chi connectivity index (χ4n) is 5.26. The average molecular weight is 572 g/mol. The molecule has 2 amide bonds. The van der Waals surface area contributed by atoms with Crippen molar-refractivity contribution in [2.75, 3.05) is 31.1 Å². The van der Waals surface area contributed by atoms with Crippen molar-refractivity contribution in [2.45, 2.75) is 12.3 Å². The fourth-order valence-corrected chi connectivity index (χ4v) is 6.60. The van der Waals surface area contributed by atoms with Gasteiger partial charge in [-0.25, -0.2) is 0 Å². The maximum absolute atomic E-state index is 13.5. The third kappa shape index (κ3) is 5.14. The Kier molecular flexibility index (Phi) is 7.30. The summed E-state index contributed by atoms with van der Waals surface area (Å²) in [6, 6.07) is 27.2. The predicted octanol–water partition coefficient (Wildman–Crippen LogP) is 6.63. The normalized spacial score (nSPS) is 15.3. The number of piperazine rings is 1. The van der Waals surface area contributed by atoms with Crippen LogP contribution in [0, 0.1) is 0 Å². The molecule has 6 rings (SSSR count). The van der Waals surface area contributed by atoms with E-state index in [1.54, 1.807) is 23.9 Å². The molecule has 4 aromatic carbocycles. The zero-order valence-electron chi connectivity index (χ0n) is 21.2. The Bertz CT molecular complexity index is 1550. The largest absolute Gasteiger partial charge is 0.367 e. The highest BCUT2D eigenvalue weighted by Gasteiger charge is 2.34. The van der Waals surface area contributed by atoms with E-state index in [2.05, 4.69) is 34.1 Å². The van der Waals surface area contributed by atoms with E-state index in [-0.39, 0.29) is 18.4 Å². The molecule has 0 aromatic heterocycles. The van der Waals surface area contributed by atoms with Crippen LogP contribution in [0.15, 0.2) is 84.9 Å². The molecule has 0 radical (unpaired) electrons. The Morgan fingerprint density at radius 1 is 0.769 bits per heavy atom. The van der Waals surface area contributed by atoms with E-state index in [0.717, 1.165) is 58.3 Å². The van der Waals surface area contributed by atoms with E-state index in [4.69, 9.17) is 23.8 Å². The Morgan fingerprint density at radius 3 is 2.18 bits per heavy atom. The monoisotopic (exact) mass is 571 g/mol. The molecule has 0 saturated carbocycles. The van der Waals surface area contributed by atoms with Crippen LogP contribution in [-0.4, -0.2) is 52.1 Å². The molecule has 196 valence electrons. The minimum absolute atomic E-state index is 0.205. The SMILES string of the molecule is O=C1c2cccc3c(N4CCN(C(=S)SCc5ccccc5)CC4)ccc(c23)C(=O)N1Cc1ccc(Cl)cc1. The van der Waals surface area contributed by atoms with E-state index in [1.807, 2.05) is 48.5 Å². The minimum Gasteiger partial charge on any atom is -0.367 e. The van der Waals surface area contributed by atoms with Gasteiger partial charge in [0.15, 0.2) is 0 Å². The molecule has 0 spiro atoms. The number of benzene rings is 4. The van der Waals surface area contributed by atoms with Crippen molar-refractivity contribution < 1.29 is 9.59 Å². The number of halogens is 1. The summed E-state index contributed by atoms with van der Waals surface area (Å²) in [6.45, 7) is 3.49. The smallest absolute Gasteiger partial charge is 0.261 e. The number of amides is 2. The first-order valence-electron chi connectivity index (χ1n) is 12.9. The molecule has 0 N–H and O–H groups in total. The maximum Gasteiger partial charge on any atom is 0.261 e. The van der Waals surface area contributed by atoms with Gasteiger partial charge in [0, 0.05) is 64.5 Å². The number of carbonyl (C=O) groups excluding carboxylic acids is 2. The Labute approximate surface area is 242 Å². The van der Waals surface area contributed by atoms with Crippen LogP contribution in [-0.2, 0) is 12.3 Å². The molecule has 4 aromatic rings. The third-order valence-electron chi connectivity index (χ3n) is 7.31. The number of hydrogen-bond donors (Lipinski definition) is 0. The molecule has 1 fully saturated rings. The van der Waals surface area contributed by atoms with Crippen LogP contribution in [0.1, 0.15) is 31.8 Å². The number of imide groups is 1. The van der Waals surface area contributed by atoms with Gasteiger partial charge in [-0.15, -0.1) is 0 Å². The van der Waals surface area contributed by atoms with Gasteiger partial charge in [-0.05, 0) is 41.5 Å². The van der Waals surface area contributed by atoms with Crippen molar-refractivity contribution in [1.82, 2.24) is 9.80 Å². The fraction of sp³-hybridized carbons (Fsp3) is 0.194. The molecule has 0 atom stereocenters. The van der Waals surface area contributed by atoms with Gasteiger partial charge in [0.1, 0.15) is 4.32 Å². The lowest BCUT2D eigenvalue weighted by molar-refractivity contribution is 0.0598. The summed E-state index contributed by atoms with van der Waals surface area (Å²) < 4.78 is 0.923. The van der Waals surface area contributed by atoms with Gasteiger partial charge in [0.25, 0.3) is 11.8 Å². The van der Waals surface area contributed by atoms with Crippen molar-refractivity contribution in [3.63, 3.8) is 0 Å². The van der Waals surface area contributed by atoms with Crippen molar-refractivity contribution in [3.05, 3.63) is 112 Å². The highest BCUT2D eigenvalue weighted by molar-refractivity contribution is 8.22. The Hall–Kier alpha value is -3.39. The summed E-state index contributed by atoms with van der Waals surface area (Å²) in [6.07, 6.45) is 0. The number of hydrogen-bond acceptors (Lipinski definition) is 5. The lowest BCUT2D eigenvalue weighted by Gasteiger charge is -2.38. The zero-order valence-corrected chi connectivity index (χ0v) is 23.6. The standard InChI is InChI=1S/C31H26ClN3O2S2/c32-23-11-9-21(10-12-23)19-35-29(36)25-8-4-7-24-27(14-13-26(28(24)25)30(35)37)33-15-17-34(18-16-33)31(38)39-20-22-5-2-1-3-6-22/h1-14H,15-20H2.